The summed E-state index contributed by atoms with van der Waals surface area (Å²) in [4.78, 5) is 11.8. The van der Waals surface area contributed by atoms with Crippen molar-refractivity contribution in [2.45, 2.75) is 38.3 Å². The summed E-state index contributed by atoms with van der Waals surface area (Å²) in [5.74, 6) is 0.123. The molecule has 1 aromatic rings. The second-order valence-corrected chi connectivity index (χ2v) is 4.68. The minimum atomic E-state index is -0.0762. The number of carbonyl (C=O) groups excluding carboxylic acids is 1. The fourth-order valence-electron chi connectivity index (χ4n) is 2.16. The molecule has 1 saturated heterocycles. The summed E-state index contributed by atoms with van der Waals surface area (Å²) in [5.41, 5.74) is 1.12. The molecular weight excluding hydrogens is 216 g/mol. The van der Waals surface area contributed by atoms with Crippen molar-refractivity contribution in [3.8, 4) is 0 Å². The number of hydrogen-bond donors (Lipinski definition) is 2. The van der Waals surface area contributed by atoms with Gasteiger partial charge in [-0.25, -0.2) is 0 Å². The quantitative estimate of drug-likeness (QED) is 0.814. The van der Waals surface area contributed by atoms with Crippen molar-refractivity contribution >= 4 is 5.91 Å². The molecule has 2 rings (SSSR count). The lowest BCUT2D eigenvalue weighted by Gasteiger charge is -2.20. The summed E-state index contributed by atoms with van der Waals surface area (Å²) in [6.45, 7) is 2.87. The van der Waals surface area contributed by atoms with E-state index in [1.807, 2.05) is 19.4 Å². The third-order valence-electron chi connectivity index (χ3n) is 3.21. The SMILES string of the molecule is CC(NC1CCCCNC1=O)c1cnn(C)c1. The van der Waals surface area contributed by atoms with Crippen molar-refractivity contribution < 1.29 is 4.79 Å². The molecule has 1 amide bonds. The number of rotatable bonds is 3. The monoisotopic (exact) mass is 236 g/mol. The van der Waals surface area contributed by atoms with Gasteiger partial charge in [-0.2, -0.15) is 5.10 Å². The number of aryl methyl sites for hydroxylation is 1. The van der Waals surface area contributed by atoms with Crippen molar-refractivity contribution in [1.29, 1.82) is 0 Å². The molecule has 1 fully saturated rings. The number of nitrogens with one attached hydrogen (secondary N) is 2. The molecule has 0 bridgehead atoms. The van der Waals surface area contributed by atoms with Gasteiger partial charge in [0.05, 0.1) is 12.2 Å². The first kappa shape index (κ1) is 12.1. The third kappa shape index (κ3) is 3.06. The van der Waals surface area contributed by atoms with E-state index in [9.17, 15) is 4.79 Å². The lowest BCUT2D eigenvalue weighted by atomic mass is 10.1. The van der Waals surface area contributed by atoms with Gasteiger partial charge in [-0.1, -0.05) is 0 Å². The first-order valence-corrected chi connectivity index (χ1v) is 6.19. The molecule has 5 nitrogen and oxygen atoms in total. The lowest BCUT2D eigenvalue weighted by molar-refractivity contribution is -0.123. The summed E-state index contributed by atoms with van der Waals surface area (Å²) < 4.78 is 1.78. The van der Waals surface area contributed by atoms with Crippen LogP contribution in [0.1, 0.15) is 37.8 Å². The van der Waals surface area contributed by atoms with Crippen LogP contribution in [0.4, 0.5) is 0 Å². The Morgan fingerprint density at radius 1 is 1.59 bits per heavy atom. The van der Waals surface area contributed by atoms with E-state index in [0.29, 0.717) is 0 Å². The third-order valence-corrected chi connectivity index (χ3v) is 3.21. The van der Waals surface area contributed by atoms with Crippen LogP contribution in [0, 0.1) is 0 Å². The Labute approximate surface area is 102 Å². The fraction of sp³-hybridized carbons (Fsp3) is 0.667. The summed E-state index contributed by atoms with van der Waals surface area (Å²) in [5, 5.41) is 10.5. The Kier molecular flexibility index (Phi) is 3.78. The van der Waals surface area contributed by atoms with E-state index >= 15 is 0 Å². The van der Waals surface area contributed by atoms with E-state index in [0.717, 1.165) is 31.4 Å². The van der Waals surface area contributed by atoms with Crippen molar-refractivity contribution in [1.82, 2.24) is 20.4 Å². The van der Waals surface area contributed by atoms with Crippen molar-refractivity contribution in [3.05, 3.63) is 18.0 Å². The predicted octanol–water partition coefficient (Wildman–Crippen LogP) is 0.739. The summed E-state index contributed by atoms with van der Waals surface area (Å²) in [6, 6.07) is 0.0743. The highest BCUT2D eigenvalue weighted by molar-refractivity contribution is 5.81. The van der Waals surface area contributed by atoms with Crippen molar-refractivity contribution in [2.75, 3.05) is 6.54 Å². The Hall–Kier alpha value is -1.36. The van der Waals surface area contributed by atoms with E-state index in [4.69, 9.17) is 0 Å². The Balaban J connectivity index is 1.97. The van der Waals surface area contributed by atoms with E-state index in [1.165, 1.54) is 0 Å². The zero-order chi connectivity index (χ0) is 12.3. The lowest BCUT2D eigenvalue weighted by Crippen LogP contribution is -2.43. The molecule has 2 heterocycles. The van der Waals surface area contributed by atoms with Crippen LogP contribution in [0.15, 0.2) is 12.4 Å². The summed E-state index contributed by atoms with van der Waals surface area (Å²) in [7, 11) is 1.90. The zero-order valence-corrected chi connectivity index (χ0v) is 10.4. The predicted molar refractivity (Wildman–Crippen MR) is 65.4 cm³/mol. The van der Waals surface area contributed by atoms with Crippen LogP contribution in [0.25, 0.3) is 0 Å². The molecule has 1 aromatic heterocycles. The standard InChI is InChI=1S/C12H20N4O/c1-9(10-7-14-16(2)8-10)15-11-5-3-4-6-13-12(11)17/h7-9,11,15H,3-6H2,1-2H3,(H,13,17). The Bertz CT molecular complexity index is 388. The molecule has 2 unspecified atom stereocenters. The van der Waals surface area contributed by atoms with Gasteiger partial charge < -0.3 is 5.32 Å². The molecular formula is C12H20N4O. The number of hydrogen-bond acceptors (Lipinski definition) is 3. The van der Waals surface area contributed by atoms with Crippen molar-refractivity contribution in [3.63, 3.8) is 0 Å². The molecule has 0 aromatic carbocycles. The van der Waals surface area contributed by atoms with E-state index in [1.54, 1.807) is 4.68 Å². The smallest absolute Gasteiger partial charge is 0.237 e. The highest BCUT2D eigenvalue weighted by Crippen LogP contribution is 2.14. The van der Waals surface area contributed by atoms with Gasteiger partial charge in [0.2, 0.25) is 5.91 Å². The highest BCUT2D eigenvalue weighted by atomic mass is 16.2. The fourth-order valence-corrected chi connectivity index (χ4v) is 2.16. The van der Waals surface area contributed by atoms with Crippen LogP contribution in [0.5, 0.6) is 0 Å². The van der Waals surface area contributed by atoms with Crippen LogP contribution >= 0.6 is 0 Å². The molecule has 2 N–H and O–H groups in total. The first-order valence-electron chi connectivity index (χ1n) is 6.19. The molecule has 5 heteroatoms. The van der Waals surface area contributed by atoms with Gasteiger partial charge >= 0.3 is 0 Å². The second kappa shape index (κ2) is 5.31. The van der Waals surface area contributed by atoms with Gasteiger partial charge in [-0.3, -0.25) is 14.8 Å². The number of aromatic nitrogens is 2. The Morgan fingerprint density at radius 3 is 3.12 bits per heavy atom. The molecule has 17 heavy (non-hydrogen) atoms. The van der Waals surface area contributed by atoms with Gasteiger partial charge in [0.25, 0.3) is 0 Å². The maximum Gasteiger partial charge on any atom is 0.237 e. The maximum atomic E-state index is 11.8. The number of carbonyl (C=O) groups is 1. The van der Waals surface area contributed by atoms with Gasteiger partial charge in [0.1, 0.15) is 0 Å². The van der Waals surface area contributed by atoms with E-state index < -0.39 is 0 Å². The summed E-state index contributed by atoms with van der Waals surface area (Å²) >= 11 is 0. The number of nitrogens with zero attached hydrogens (tertiary/aromatic N) is 2. The minimum Gasteiger partial charge on any atom is -0.355 e. The van der Waals surface area contributed by atoms with Crippen LogP contribution < -0.4 is 10.6 Å². The molecule has 2 atom stereocenters. The molecule has 0 aliphatic carbocycles. The van der Waals surface area contributed by atoms with E-state index in [-0.39, 0.29) is 18.0 Å². The van der Waals surface area contributed by atoms with Gasteiger partial charge in [-0.05, 0) is 26.2 Å². The van der Waals surface area contributed by atoms with Gasteiger partial charge in [-0.15, -0.1) is 0 Å². The average molecular weight is 236 g/mol. The van der Waals surface area contributed by atoms with Crippen LogP contribution in [-0.4, -0.2) is 28.3 Å². The maximum absolute atomic E-state index is 11.8. The molecule has 0 spiro atoms. The largest absolute Gasteiger partial charge is 0.355 e. The van der Waals surface area contributed by atoms with Crippen LogP contribution in [0.3, 0.4) is 0 Å². The van der Waals surface area contributed by atoms with Crippen LogP contribution in [-0.2, 0) is 11.8 Å². The summed E-state index contributed by atoms with van der Waals surface area (Å²) in [6.07, 6.45) is 6.90. The highest BCUT2D eigenvalue weighted by Gasteiger charge is 2.22. The molecule has 0 saturated carbocycles. The molecule has 1 aliphatic rings. The van der Waals surface area contributed by atoms with Crippen LogP contribution in [0.2, 0.25) is 0 Å². The van der Waals surface area contributed by atoms with Gasteiger partial charge in [0.15, 0.2) is 0 Å². The van der Waals surface area contributed by atoms with Crippen molar-refractivity contribution in [2.24, 2.45) is 7.05 Å². The normalized spacial score (nSPS) is 22.9. The number of amides is 1. The molecule has 1 aliphatic heterocycles. The Morgan fingerprint density at radius 2 is 2.41 bits per heavy atom. The average Bonchev–Trinajstić information content (AvgIpc) is 2.63. The molecule has 0 radical (unpaired) electrons. The topological polar surface area (TPSA) is 58.9 Å². The first-order chi connectivity index (χ1) is 8.16. The molecule has 94 valence electrons. The van der Waals surface area contributed by atoms with E-state index in [2.05, 4.69) is 22.7 Å². The zero-order valence-electron chi connectivity index (χ0n) is 10.4. The minimum absolute atomic E-state index is 0.0762. The van der Waals surface area contributed by atoms with Gasteiger partial charge in [0, 0.05) is 31.4 Å². The second-order valence-electron chi connectivity index (χ2n) is 4.68.